The third-order valence-electron chi connectivity index (χ3n) is 5.08. The number of benzene rings is 2. The average molecular weight is 372 g/mol. The van der Waals surface area contributed by atoms with Gasteiger partial charge in [-0.05, 0) is 44.4 Å². The standard InChI is InChI=1S/C23H24N4O/c1-15-8-10-18(11-9-15)14-24-22-13-20(25-17(3)26-22)23(28)27-16(2)12-19-6-4-5-7-21(19)27/h4-11,13,16H,12,14H2,1-3H3,(H,24,25,26). The number of fused-ring (bicyclic) bond motifs is 1. The highest BCUT2D eigenvalue weighted by Gasteiger charge is 2.32. The molecule has 2 heterocycles. The Labute approximate surface area is 165 Å². The van der Waals surface area contributed by atoms with Crippen LogP contribution in [0.4, 0.5) is 11.5 Å². The largest absolute Gasteiger partial charge is 0.366 e. The lowest BCUT2D eigenvalue weighted by Crippen LogP contribution is -2.36. The molecule has 1 atom stereocenters. The van der Waals surface area contributed by atoms with Gasteiger partial charge < -0.3 is 10.2 Å². The van der Waals surface area contributed by atoms with Crippen LogP contribution in [0.25, 0.3) is 0 Å². The molecular formula is C23H24N4O. The Bertz CT molecular complexity index is 1010. The van der Waals surface area contributed by atoms with Gasteiger partial charge in [-0.1, -0.05) is 48.0 Å². The van der Waals surface area contributed by atoms with Crippen LogP contribution in [-0.2, 0) is 13.0 Å². The van der Waals surface area contributed by atoms with Crippen LogP contribution in [0.1, 0.15) is 39.9 Å². The summed E-state index contributed by atoms with van der Waals surface area (Å²) in [5.74, 6) is 1.16. The van der Waals surface area contributed by atoms with Crippen LogP contribution >= 0.6 is 0 Å². The van der Waals surface area contributed by atoms with Crippen molar-refractivity contribution in [2.45, 2.75) is 39.8 Å². The molecule has 0 fully saturated rings. The van der Waals surface area contributed by atoms with Crippen molar-refractivity contribution in [1.82, 2.24) is 9.97 Å². The van der Waals surface area contributed by atoms with Crippen molar-refractivity contribution in [3.63, 3.8) is 0 Å². The summed E-state index contributed by atoms with van der Waals surface area (Å²) in [6.07, 6.45) is 0.866. The van der Waals surface area contributed by atoms with Crippen molar-refractivity contribution in [2.75, 3.05) is 10.2 Å². The van der Waals surface area contributed by atoms with E-state index in [2.05, 4.69) is 59.5 Å². The number of carbonyl (C=O) groups excluding carboxylic acids is 1. The Kier molecular flexibility index (Phi) is 4.82. The van der Waals surface area contributed by atoms with Gasteiger partial charge in [-0.3, -0.25) is 4.79 Å². The second kappa shape index (κ2) is 7.43. The number of amides is 1. The molecule has 4 rings (SSSR count). The summed E-state index contributed by atoms with van der Waals surface area (Å²) < 4.78 is 0. The van der Waals surface area contributed by atoms with Crippen molar-refractivity contribution < 1.29 is 4.79 Å². The lowest BCUT2D eigenvalue weighted by atomic mass is 10.1. The number of nitrogens with one attached hydrogen (secondary N) is 1. The molecule has 5 heteroatoms. The minimum atomic E-state index is -0.0821. The number of anilines is 2. The number of nitrogens with zero attached hydrogens (tertiary/aromatic N) is 3. The van der Waals surface area contributed by atoms with Gasteiger partial charge in [-0.2, -0.15) is 0 Å². The van der Waals surface area contributed by atoms with Crippen LogP contribution < -0.4 is 10.2 Å². The molecule has 1 amide bonds. The van der Waals surface area contributed by atoms with Crippen LogP contribution in [0, 0.1) is 13.8 Å². The molecule has 1 aliphatic heterocycles. The first-order chi connectivity index (χ1) is 13.5. The first-order valence-corrected chi connectivity index (χ1v) is 9.58. The molecule has 1 N–H and O–H groups in total. The maximum absolute atomic E-state index is 13.2. The van der Waals surface area contributed by atoms with Gasteiger partial charge in [-0.25, -0.2) is 9.97 Å². The Morgan fingerprint density at radius 1 is 1.11 bits per heavy atom. The van der Waals surface area contributed by atoms with Crippen LogP contribution in [-0.4, -0.2) is 21.9 Å². The van der Waals surface area contributed by atoms with Gasteiger partial charge in [-0.15, -0.1) is 0 Å². The van der Waals surface area contributed by atoms with Crippen LogP contribution in [0.5, 0.6) is 0 Å². The maximum Gasteiger partial charge on any atom is 0.277 e. The second-order valence-corrected chi connectivity index (χ2v) is 7.38. The van der Waals surface area contributed by atoms with E-state index in [0.717, 1.165) is 17.7 Å². The number of rotatable bonds is 4. The van der Waals surface area contributed by atoms with E-state index in [4.69, 9.17) is 0 Å². The summed E-state index contributed by atoms with van der Waals surface area (Å²) in [4.78, 5) is 23.9. The smallest absolute Gasteiger partial charge is 0.277 e. The maximum atomic E-state index is 13.2. The zero-order valence-electron chi connectivity index (χ0n) is 16.4. The highest BCUT2D eigenvalue weighted by molar-refractivity contribution is 6.06. The molecule has 0 saturated carbocycles. The topological polar surface area (TPSA) is 58.1 Å². The summed E-state index contributed by atoms with van der Waals surface area (Å²) in [5, 5.41) is 3.32. The minimum Gasteiger partial charge on any atom is -0.366 e. The second-order valence-electron chi connectivity index (χ2n) is 7.38. The molecule has 1 aromatic heterocycles. The van der Waals surface area contributed by atoms with Crippen LogP contribution in [0.15, 0.2) is 54.6 Å². The van der Waals surface area contributed by atoms with Gasteiger partial charge in [0, 0.05) is 24.3 Å². The van der Waals surface area contributed by atoms with E-state index in [9.17, 15) is 4.79 Å². The van der Waals surface area contributed by atoms with E-state index in [-0.39, 0.29) is 11.9 Å². The van der Waals surface area contributed by atoms with Crippen LogP contribution in [0.3, 0.4) is 0 Å². The molecule has 1 aliphatic rings. The van der Waals surface area contributed by atoms with Gasteiger partial charge in [0.05, 0.1) is 0 Å². The first-order valence-electron chi connectivity index (χ1n) is 9.58. The lowest BCUT2D eigenvalue weighted by Gasteiger charge is -2.22. The fourth-order valence-corrected chi connectivity index (χ4v) is 3.66. The molecule has 0 spiro atoms. The minimum absolute atomic E-state index is 0.0821. The molecule has 5 nitrogen and oxygen atoms in total. The number of carbonyl (C=O) groups is 1. The first kappa shape index (κ1) is 18.2. The van der Waals surface area contributed by atoms with Gasteiger partial charge in [0.1, 0.15) is 17.3 Å². The number of para-hydroxylation sites is 1. The number of hydrogen-bond donors (Lipinski definition) is 1. The van der Waals surface area contributed by atoms with E-state index in [1.165, 1.54) is 11.1 Å². The predicted molar refractivity (Wildman–Crippen MR) is 112 cm³/mol. The number of hydrogen-bond acceptors (Lipinski definition) is 4. The molecule has 1 unspecified atom stereocenters. The van der Waals surface area contributed by atoms with Gasteiger partial charge in [0.15, 0.2) is 0 Å². The number of aryl methyl sites for hydroxylation is 2. The zero-order valence-corrected chi connectivity index (χ0v) is 16.4. The lowest BCUT2D eigenvalue weighted by molar-refractivity contribution is 0.0976. The summed E-state index contributed by atoms with van der Waals surface area (Å²) in [6.45, 7) is 6.60. The molecule has 0 saturated heterocycles. The average Bonchev–Trinajstić information content (AvgIpc) is 3.02. The summed E-state index contributed by atoms with van der Waals surface area (Å²) >= 11 is 0. The Morgan fingerprint density at radius 3 is 2.64 bits per heavy atom. The van der Waals surface area contributed by atoms with Gasteiger partial charge >= 0.3 is 0 Å². The molecule has 0 radical (unpaired) electrons. The monoisotopic (exact) mass is 372 g/mol. The van der Waals surface area contributed by atoms with Crippen molar-refractivity contribution in [3.8, 4) is 0 Å². The fourth-order valence-electron chi connectivity index (χ4n) is 3.66. The molecule has 3 aromatic rings. The Morgan fingerprint density at radius 2 is 1.86 bits per heavy atom. The Hall–Kier alpha value is -3.21. The molecule has 28 heavy (non-hydrogen) atoms. The molecule has 142 valence electrons. The van der Waals surface area contributed by atoms with Crippen molar-refractivity contribution >= 4 is 17.4 Å². The summed E-state index contributed by atoms with van der Waals surface area (Å²) in [5.41, 5.74) is 4.99. The highest BCUT2D eigenvalue weighted by Crippen LogP contribution is 2.33. The van der Waals surface area contributed by atoms with Crippen molar-refractivity contribution in [1.29, 1.82) is 0 Å². The summed E-state index contributed by atoms with van der Waals surface area (Å²) in [6, 6.07) is 18.3. The molecule has 0 aliphatic carbocycles. The normalized spacial score (nSPS) is 15.4. The highest BCUT2D eigenvalue weighted by atomic mass is 16.2. The van der Waals surface area contributed by atoms with E-state index in [1.807, 2.05) is 30.0 Å². The van der Waals surface area contributed by atoms with E-state index in [1.54, 1.807) is 6.07 Å². The third kappa shape index (κ3) is 3.60. The van der Waals surface area contributed by atoms with Gasteiger partial charge in [0.25, 0.3) is 5.91 Å². The van der Waals surface area contributed by atoms with E-state index < -0.39 is 0 Å². The molecule has 0 bridgehead atoms. The fraction of sp³-hybridized carbons (Fsp3) is 0.261. The quantitative estimate of drug-likeness (QED) is 0.742. The zero-order chi connectivity index (χ0) is 19.7. The molecule has 2 aromatic carbocycles. The van der Waals surface area contributed by atoms with E-state index in [0.29, 0.717) is 23.9 Å². The third-order valence-corrected chi connectivity index (χ3v) is 5.08. The SMILES string of the molecule is Cc1ccc(CNc2cc(C(=O)N3c4ccccc4CC3C)nc(C)n2)cc1. The molecular weight excluding hydrogens is 348 g/mol. The summed E-state index contributed by atoms with van der Waals surface area (Å²) in [7, 11) is 0. The Balaban J connectivity index is 1.56. The number of aromatic nitrogens is 2. The van der Waals surface area contributed by atoms with E-state index >= 15 is 0 Å². The van der Waals surface area contributed by atoms with Crippen molar-refractivity contribution in [2.24, 2.45) is 0 Å². The van der Waals surface area contributed by atoms with Crippen molar-refractivity contribution in [3.05, 3.63) is 82.8 Å². The van der Waals surface area contributed by atoms with Crippen LogP contribution in [0.2, 0.25) is 0 Å². The van der Waals surface area contributed by atoms with Gasteiger partial charge in [0.2, 0.25) is 0 Å². The predicted octanol–water partition coefficient (Wildman–Crippen LogP) is 4.30.